The Hall–Kier alpha value is -0.890. The van der Waals surface area contributed by atoms with Crippen LogP contribution in [0.15, 0.2) is 18.2 Å². The first kappa shape index (κ1) is 12.2. The van der Waals surface area contributed by atoms with Crippen molar-refractivity contribution in [2.45, 2.75) is 45.6 Å². The van der Waals surface area contributed by atoms with E-state index in [1.54, 1.807) is 12.1 Å². The Balaban J connectivity index is 2.46. The Morgan fingerprint density at radius 1 is 1.40 bits per heavy atom. The van der Waals surface area contributed by atoms with E-state index in [1.807, 2.05) is 13.8 Å². The van der Waals surface area contributed by atoms with Crippen LogP contribution in [0.25, 0.3) is 0 Å². The van der Waals surface area contributed by atoms with Gasteiger partial charge in [-0.25, -0.2) is 4.39 Å². The smallest absolute Gasteiger partial charge is 0.123 e. The van der Waals surface area contributed by atoms with Gasteiger partial charge in [0.1, 0.15) is 5.82 Å². The molecule has 0 aliphatic rings. The van der Waals surface area contributed by atoms with E-state index in [0.717, 1.165) is 36.8 Å². The summed E-state index contributed by atoms with van der Waals surface area (Å²) in [4.78, 5) is 0. The third-order valence-electron chi connectivity index (χ3n) is 2.77. The number of halogens is 1. The maximum Gasteiger partial charge on any atom is 0.123 e. The molecule has 0 fully saturated rings. The second-order valence-electron chi connectivity index (χ2n) is 4.03. The van der Waals surface area contributed by atoms with Gasteiger partial charge in [-0.1, -0.05) is 13.0 Å². The van der Waals surface area contributed by atoms with Crippen LogP contribution in [-0.2, 0) is 6.42 Å². The summed E-state index contributed by atoms with van der Waals surface area (Å²) in [5.41, 5.74) is 2.18. The highest BCUT2D eigenvalue weighted by atomic mass is 19.1. The van der Waals surface area contributed by atoms with E-state index in [9.17, 15) is 9.50 Å². The van der Waals surface area contributed by atoms with Crippen LogP contribution < -0.4 is 0 Å². The normalized spacial score (nSPS) is 12.8. The van der Waals surface area contributed by atoms with Crippen LogP contribution in [0.4, 0.5) is 4.39 Å². The van der Waals surface area contributed by atoms with Gasteiger partial charge in [0.25, 0.3) is 0 Å². The molecule has 1 nitrogen and oxygen atoms in total. The lowest BCUT2D eigenvalue weighted by atomic mass is 10.0. The fourth-order valence-corrected chi connectivity index (χ4v) is 1.64. The van der Waals surface area contributed by atoms with Crippen LogP contribution in [0, 0.1) is 12.7 Å². The van der Waals surface area contributed by atoms with E-state index < -0.39 is 0 Å². The fourth-order valence-electron chi connectivity index (χ4n) is 1.64. The summed E-state index contributed by atoms with van der Waals surface area (Å²) in [6.45, 7) is 3.96. The largest absolute Gasteiger partial charge is 0.393 e. The molecule has 1 unspecified atom stereocenters. The number of hydrogen-bond donors (Lipinski definition) is 1. The van der Waals surface area contributed by atoms with Crippen LogP contribution in [0.1, 0.15) is 37.3 Å². The molecule has 0 amide bonds. The minimum Gasteiger partial charge on any atom is -0.393 e. The van der Waals surface area contributed by atoms with E-state index in [0.29, 0.717) is 0 Å². The van der Waals surface area contributed by atoms with Crippen LogP contribution in [0.5, 0.6) is 0 Å². The number of hydrogen-bond acceptors (Lipinski definition) is 1. The highest BCUT2D eigenvalue weighted by Crippen LogP contribution is 2.14. The monoisotopic (exact) mass is 210 g/mol. The predicted molar refractivity (Wildman–Crippen MR) is 60.4 cm³/mol. The molecule has 0 aromatic heterocycles. The molecule has 0 aliphatic carbocycles. The molecule has 0 spiro atoms. The molecule has 0 aliphatic heterocycles. The summed E-state index contributed by atoms with van der Waals surface area (Å²) in [5, 5.41) is 9.39. The van der Waals surface area contributed by atoms with Crippen LogP contribution in [-0.4, -0.2) is 11.2 Å². The first-order chi connectivity index (χ1) is 7.13. The summed E-state index contributed by atoms with van der Waals surface area (Å²) in [6, 6.07) is 4.88. The van der Waals surface area contributed by atoms with Crippen LogP contribution >= 0.6 is 0 Å². The van der Waals surface area contributed by atoms with Gasteiger partial charge in [-0.15, -0.1) is 0 Å². The molecular formula is C13H19FO. The van der Waals surface area contributed by atoms with Gasteiger partial charge < -0.3 is 5.11 Å². The van der Waals surface area contributed by atoms with Gasteiger partial charge in [-0.2, -0.15) is 0 Å². The Bertz CT molecular complexity index is 309. The highest BCUT2D eigenvalue weighted by Gasteiger charge is 2.03. The van der Waals surface area contributed by atoms with E-state index in [2.05, 4.69) is 0 Å². The first-order valence-electron chi connectivity index (χ1n) is 5.56. The highest BCUT2D eigenvalue weighted by molar-refractivity contribution is 5.26. The van der Waals surface area contributed by atoms with Crippen LogP contribution in [0.3, 0.4) is 0 Å². The zero-order valence-electron chi connectivity index (χ0n) is 9.46. The summed E-state index contributed by atoms with van der Waals surface area (Å²) >= 11 is 0. The molecule has 0 bridgehead atoms. The summed E-state index contributed by atoms with van der Waals surface area (Å²) < 4.78 is 12.9. The first-order valence-corrected chi connectivity index (χ1v) is 5.56. The number of aliphatic hydroxyl groups excluding tert-OH is 1. The quantitative estimate of drug-likeness (QED) is 0.791. The molecule has 0 radical (unpaired) electrons. The van der Waals surface area contributed by atoms with Gasteiger partial charge >= 0.3 is 0 Å². The zero-order chi connectivity index (χ0) is 11.3. The third-order valence-corrected chi connectivity index (χ3v) is 2.77. The number of rotatable bonds is 5. The van der Waals surface area contributed by atoms with Crippen molar-refractivity contribution in [2.75, 3.05) is 0 Å². The van der Waals surface area contributed by atoms with Crippen molar-refractivity contribution in [1.29, 1.82) is 0 Å². The maximum absolute atomic E-state index is 12.9. The molecule has 1 aromatic carbocycles. The van der Waals surface area contributed by atoms with Crippen molar-refractivity contribution in [3.63, 3.8) is 0 Å². The number of aryl methyl sites for hydroxylation is 2. The lowest BCUT2D eigenvalue weighted by molar-refractivity contribution is 0.157. The van der Waals surface area contributed by atoms with Crippen LogP contribution in [0.2, 0.25) is 0 Å². The molecule has 1 aromatic rings. The lowest BCUT2D eigenvalue weighted by Gasteiger charge is -2.08. The predicted octanol–water partition coefficient (Wildman–Crippen LogP) is 3.23. The van der Waals surface area contributed by atoms with E-state index in [4.69, 9.17) is 0 Å². The van der Waals surface area contributed by atoms with Crippen molar-refractivity contribution in [3.8, 4) is 0 Å². The molecule has 0 heterocycles. The molecule has 15 heavy (non-hydrogen) atoms. The SMILES string of the molecule is CCC(O)CCCc1cc(F)ccc1C. The van der Waals surface area contributed by atoms with E-state index in [1.165, 1.54) is 6.07 Å². The van der Waals surface area contributed by atoms with Gasteiger partial charge in [0.05, 0.1) is 6.10 Å². The van der Waals surface area contributed by atoms with E-state index in [-0.39, 0.29) is 11.9 Å². The molecule has 0 saturated carbocycles. The summed E-state index contributed by atoms with van der Waals surface area (Å²) in [6.07, 6.45) is 3.15. The average molecular weight is 210 g/mol. The van der Waals surface area contributed by atoms with Gasteiger partial charge in [0.15, 0.2) is 0 Å². The Morgan fingerprint density at radius 2 is 2.13 bits per heavy atom. The molecule has 84 valence electrons. The Kier molecular flexibility index (Phi) is 4.76. The number of aliphatic hydroxyl groups is 1. The molecule has 0 saturated heterocycles. The van der Waals surface area contributed by atoms with Crippen molar-refractivity contribution in [3.05, 3.63) is 35.1 Å². The van der Waals surface area contributed by atoms with Crippen molar-refractivity contribution in [1.82, 2.24) is 0 Å². The van der Waals surface area contributed by atoms with Crippen molar-refractivity contribution < 1.29 is 9.50 Å². The minimum absolute atomic E-state index is 0.174. The minimum atomic E-state index is -0.209. The molecule has 1 N–H and O–H groups in total. The second kappa shape index (κ2) is 5.86. The standard InChI is InChI=1S/C13H19FO/c1-3-13(15)6-4-5-11-9-12(14)8-7-10(11)2/h7-9,13,15H,3-6H2,1-2H3. The van der Waals surface area contributed by atoms with E-state index >= 15 is 0 Å². The molecule has 2 heteroatoms. The lowest BCUT2D eigenvalue weighted by Crippen LogP contribution is -2.04. The van der Waals surface area contributed by atoms with Gasteiger partial charge in [-0.3, -0.25) is 0 Å². The Morgan fingerprint density at radius 3 is 2.80 bits per heavy atom. The number of benzene rings is 1. The fraction of sp³-hybridized carbons (Fsp3) is 0.538. The topological polar surface area (TPSA) is 20.2 Å². The van der Waals surface area contributed by atoms with Gasteiger partial charge in [-0.05, 0) is 55.9 Å². The van der Waals surface area contributed by atoms with Gasteiger partial charge in [0, 0.05) is 0 Å². The summed E-state index contributed by atoms with van der Waals surface area (Å²) in [7, 11) is 0. The molecule has 1 atom stereocenters. The third kappa shape index (κ3) is 4.00. The maximum atomic E-state index is 12.9. The van der Waals surface area contributed by atoms with Crippen molar-refractivity contribution in [2.24, 2.45) is 0 Å². The zero-order valence-corrected chi connectivity index (χ0v) is 9.46. The molecular weight excluding hydrogens is 191 g/mol. The van der Waals surface area contributed by atoms with Crippen molar-refractivity contribution >= 4 is 0 Å². The molecule has 1 rings (SSSR count). The summed E-state index contributed by atoms with van der Waals surface area (Å²) in [5.74, 6) is -0.174. The van der Waals surface area contributed by atoms with Gasteiger partial charge in [0.2, 0.25) is 0 Å². The Labute approximate surface area is 90.9 Å². The second-order valence-corrected chi connectivity index (χ2v) is 4.03. The average Bonchev–Trinajstić information content (AvgIpc) is 2.23.